The van der Waals surface area contributed by atoms with Crippen molar-refractivity contribution >= 4 is 40.8 Å². The molecule has 0 unspecified atom stereocenters. The number of guanidine groups is 1. The molecule has 0 aliphatic heterocycles. The molecule has 0 bridgehead atoms. The number of methoxy groups -OCH3 is 1. The molecule has 27 heavy (non-hydrogen) atoms. The van der Waals surface area contributed by atoms with Gasteiger partial charge in [-0.15, -0.1) is 24.0 Å². The molecule has 2 aromatic rings. The Kier molecular flexibility index (Phi) is 12.1. The fraction of sp³-hybridized carbons (Fsp3) is 0.550. The lowest BCUT2D eigenvalue weighted by molar-refractivity contribution is 0.180. The minimum atomic E-state index is 0. The van der Waals surface area contributed by atoms with E-state index in [9.17, 15) is 0 Å². The van der Waals surface area contributed by atoms with E-state index in [0.717, 1.165) is 58.1 Å². The maximum atomic E-state index is 5.08. The highest BCUT2D eigenvalue weighted by molar-refractivity contribution is 14.0. The zero-order valence-corrected chi connectivity index (χ0v) is 19.1. The number of fused-ring (bicyclic) bond motifs is 1. The molecule has 0 aliphatic rings. The molecule has 0 atom stereocenters. The third kappa shape index (κ3) is 8.49. The highest BCUT2D eigenvalue weighted by atomic mass is 127. The number of aryl methyl sites for hydroxylation is 1. The van der Waals surface area contributed by atoms with Crippen LogP contribution in [0.2, 0.25) is 0 Å². The summed E-state index contributed by atoms with van der Waals surface area (Å²) in [6, 6.07) is 10.7. The summed E-state index contributed by atoms with van der Waals surface area (Å²) in [4.78, 5) is 6.60. The van der Waals surface area contributed by atoms with Gasteiger partial charge in [-0.25, -0.2) is 0 Å². The predicted octanol–water partition coefficient (Wildman–Crippen LogP) is 2.78. The SMILES string of the molecule is CN=C(NCCCn1ccc2ccccc21)NCCN(C)CCCOC.I. The number of ether oxygens (including phenoxy) is 1. The molecule has 1 aromatic carbocycles. The number of rotatable bonds is 11. The van der Waals surface area contributed by atoms with Crippen molar-refractivity contribution in [3.63, 3.8) is 0 Å². The van der Waals surface area contributed by atoms with E-state index in [-0.39, 0.29) is 24.0 Å². The quantitative estimate of drug-likeness (QED) is 0.222. The van der Waals surface area contributed by atoms with E-state index < -0.39 is 0 Å². The number of aromatic nitrogens is 1. The molecule has 152 valence electrons. The number of likely N-dealkylation sites (N-methyl/N-ethyl adjacent to an activating group) is 1. The number of benzene rings is 1. The lowest BCUT2D eigenvalue weighted by atomic mass is 10.2. The Bertz CT molecular complexity index is 673. The number of aliphatic imine (C=N–C) groups is 1. The second kappa shape index (κ2) is 13.8. The van der Waals surface area contributed by atoms with Gasteiger partial charge in [-0.2, -0.15) is 0 Å². The van der Waals surface area contributed by atoms with E-state index in [1.807, 2.05) is 7.05 Å². The number of hydrogen-bond acceptors (Lipinski definition) is 3. The Morgan fingerprint density at radius 2 is 1.89 bits per heavy atom. The normalized spacial score (nSPS) is 11.6. The molecule has 0 radical (unpaired) electrons. The van der Waals surface area contributed by atoms with Crippen LogP contribution in [0.25, 0.3) is 10.9 Å². The molecule has 0 aliphatic carbocycles. The molecule has 2 rings (SSSR count). The zero-order valence-electron chi connectivity index (χ0n) is 16.8. The molecular weight excluding hydrogens is 453 g/mol. The molecule has 0 fully saturated rings. The van der Waals surface area contributed by atoms with Crippen LogP contribution in [0, 0.1) is 0 Å². The third-order valence-electron chi connectivity index (χ3n) is 4.45. The van der Waals surface area contributed by atoms with Gasteiger partial charge >= 0.3 is 0 Å². The van der Waals surface area contributed by atoms with Crippen molar-refractivity contribution in [3.05, 3.63) is 36.5 Å². The highest BCUT2D eigenvalue weighted by Crippen LogP contribution is 2.15. The monoisotopic (exact) mass is 487 g/mol. The molecule has 6 nitrogen and oxygen atoms in total. The summed E-state index contributed by atoms with van der Waals surface area (Å²) in [6.07, 6.45) is 4.28. The largest absolute Gasteiger partial charge is 0.385 e. The van der Waals surface area contributed by atoms with Crippen LogP contribution < -0.4 is 10.6 Å². The Balaban J connectivity index is 0.00000364. The summed E-state index contributed by atoms with van der Waals surface area (Å²) in [6.45, 7) is 5.63. The van der Waals surface area contributed by atoms with Crippen LogP contribution in [0.1, 0.15) is 12.8 Å². The number of halogens is 1. The molecule has 2 N–H and O–H groups in total. The van der Waals surface area contributed by atoms with E-state index in [2.05, 4.69) is 68.7 Å². The lowest BCUT2D eigenvalue weighted by Gasteiger charge is -2.18. The van der Waals surface area contributed by atoms with Crippen LogP contribution >= 0.6 is 24.0 Å². The molecule has 7 heteroatoms. The Hall–Kier alpha value is -1.32. The first-order chi connectivity index (χ1) is 12.7. The van der Waals surface area contributed by atoms with Gasteiger partial charge in [-0.3, -0.25) is 4.99 Å². The standard InChI is InChI=1S/C20H33N5O.HI/c1-21-20(23-12-16-24(2)13-7-17-26-3)22-11-6-14-25-15-10-18-8-4-5-9-19(18)25;/h4-5,8-10,15H,6-7,11-14,16-17H2,1-3H3,(H2,21,22,23);1H. The van der Waals surface area contributed by atoms with Gasteiger partial charge in [0.05, 0.1) is 0 Å². The van der Waals surface area contributed by atoms with Crippen LogP contribution in [-0.4, -0.2) is 69.4 Å². The van der Waals surface area contributed by atoms with Crippen molar-refractivity contribution < 1.29 is 4.74 Å². The van der Waals surface area contributed by atoms with Crippen LogP contribution in [-0.2, 0) is 11.3 Å². The zero-order chi connectivity index (χ0) is 18.6. The molecule has 1 aromatic heterocycles. The van der Waals surface area contributed by atoms with Gasteiger partial charge in [0.1, 0.15) is 0 Å². The lowest BCUT2D eigenvalue weighted by Crippen LogP contribution is -2.41. The Morgan fingerprint density at radius 3 is 2.67 bits per heavy atom. The molecule has 0 amide bonds. The van der Waals surface area contributed by atoms with Gasteiger partial charge in [-0.1, -0.05) is 18.2 Å². The van der Waals surface area contributed by atoms with Gasteiger partial charge in [0.2, 0.25) is 0 Å². The van der Waals surface area contributed by atoms with Gasteiger partial charge < -0.3 is 24.8 Å². The fourth-order valence-electron chi connectivity index (χ4n) is 2.97. The first-order valence-electron chi connectivity index (χ1n) is 9.40. The van der Waals surface area contributed by atoms with E-state index in [4.69, 9.17) is 4.74 Å². The van der Waals surface area contributed by atoms with E-state index in [1.54, 1.807) is 7.11 Å². The number of para-hydroxylation sites is 1. The molecule has 1 heterocycles. The topological polar surface area (TPSA) is 53.8 Å². The number of nitrogens with zero attached hydrogens (tertiary/aromatic N) is 3. The minimum Gasteiger partial charge on any atom is -0.385 e. The Labute approximate surface area is 180 Å². The fourth-order valence-corrected chi connectivity index (χ4v) is 2.97. The van der Waals surface area contributed by atoms with E-state index in [1.165, 1.54) is 10.9 Å². The van der Waals surface area contributed by atoms with Crippen LogP contribution in [0.5, 0.6) is 0 Å². The molecular formula is C20H34IN5O. The highest BCUT2D eigenvalue weighted by Gasteiger charge is 2.02. The van der Waals surface area contributed by atoms with Crippen molar-refractivity contribution in [3.8, 4) is 0 Å². The third-order valence-corrected chi connectivity index (χ3v) is 4.45. The summed E-state index contributed by atoms with van der Waals surface area (Å²) < 4.78 is 7.39. The number of hydrogen-bond donors (Lipinski definition) is 2. The van der Waals surface area contributed by atoms with Crippen molar-refractivity contribution in [1.82, 2.24) is 20.1 Å². The van der Waals surface area contributed by atoms with Crippen LogP contribution in [0.3, 0.4) is 0 Å². The number of nitrogens with one attached hydrogen (secondary N) is 2. The van der Waals surface area contributed by atoms with E-state index >= 15 is 0 Å². The van der Waals surface area contributed by atoms with Crippen molar-refractivity contribution in [2.24, 2.45) is 4.99 Å². The van der Waals surface area contributed by atoms with Gasteiger partial charge in [0, 0.05) is 65.2 Å². The summed E-state index contributed by atoms with van der Waals surface area (Å²) in [5.41, 5.74) is 1.30. The van der Waals surface area contributed by atoms with E-state index in [0.29, 0.717) is 0 Å². The maximum absolute atomic E-state index is 5.08. The maximum Gasteiger partial charge on any atom is 0.191 e. The molecule has 0 saturated heterocycles. The van der Waals surface area contributed by atoms with Crippen molar-refractivity contribution in [2.75, 3.05) is 54.0 Å². The Morgan fingerprint density at radius 1 is 1.11 bits per heavy atom. The van der Waals surface area contributed by atoms with Crippen LogP contribution in [0.4, 0.5) is 0 Å². The van der Waals surface area contributed by atoms with Crippen LogP contribution in [0.15, 0.2) is 41.5 Å². The second-order valence-corrected chi connectivity index (χ2v) is 6.50. The molecule has 0 spiro atoms. The average Bonchev–Trinajstić information content (AvgIpc) is 3.07. The predicted molar refractivity (Wildman–Crippen MR) is 125 cm³/mol. The summed E-state index contributed by atoms with van der Waals surface area (Å²) in [5, 5.41) is 8.06. The summed E-state index contributed by atoms with van der Waals surface area (Å²) in [5.74, 6) is 0.868. The second-order valence-electron chi connectivity index (χ2n) is 6.50. The van der Waals surface area contributed by atoms with Gasteiger partial charge in [-0.05, 0) is 37.4 Å². The average molecular weight is 487 g/mol. The van der Waals surface area contributed by atoms with Gasteiger partial charge in [0.25, 0.3) is 0 Å². The summed E-state index contributed by atoms with van der Waals surface area (Å²) >= 11 is 0. The smallest absolute Gasteiger partial charge is 0.191 e. The summed E-state index contributed by atoms with van der Waals surface area (Å²) in [7, 11) is 5.70. The van der Waals surface area contributed by atoms with Crippen molar-refractivity contribution in [2.45, 2.75) is 19.4 Å². The van der Waals surface area contributed by atoms with Gasteiger partial charge in [0.15, 0.2) is 5.96 Å². The molecule has 0 saturated carbocycles. The first-order valence-corrected chi connectivity index (χ1v) is 9.40. The first kappa shape index (κ1) is 23.7. The van der Waals surface area contributed by atoms with Crippen molar-refractivity contribution in [1.29, 1.82) is 0 Å². The minimum absolute atomic E-state index is 0.